The van der Waals surface area contributed by atoms with Gasteiger partial charge in [-0.25, -0.2) is 4.98 Å². The molecule has 1 aliphatic heterocycles. The molecule has 1 N–H and O–H groups in total. The molecule has 1 fully saturated rings. The van der Waals surface area contributed by atoms with Crippen molar-refractivity contribution < 1.29 is 9.53 Å². The third kappa shape index (κ3) is 4.90. The molecule has 0 radical (unpaired) electrons. The molecule has 1 aliphatic rings. The number of anilines is 1. The molecular formula is C23H24N4O2. The fourth-order valence-electron chi connectivity index (χ4n) is 3.51. The minimum Gasteiger partial charge on any atom is -0.457 e. The second kappa shape index (κ2) is 9.19. The van der Waals surface area contributed by atoms with Crippen molar-refractivity contribution in [2.45, 2.75) is 12.8 Å². The maximum atomic E-state index is 12.8. The van der Waals surface area contributed by atoms with Crippen LogP contribution < -0.4 is 15.0 Å². The van der Waals surface area contributed by atoms with Crippen molar-refractivity contribution in [2.75, 3.05) is 24.5 Å². The molecule has 0 unspecified atom stereocenters. The van der Waals surface area contributed by atoms with Crippen molar-refractivity contribution in [3.05, 3.63) is 78.8 Å². The Morgan fingerprint density at radius 2 is 1.79 bits per heavy atom. The number of hydrogen-bond acceptors (Lipinski definition) is 5. The van der Waals surface area contributed by atoms with E-state index < -0.39 is 0 Å². The molecule has 0 saturated carbocycles. The lowest BCUT2D eigenvalue weighted by molar-refractivity contribution is 0.0942. The fourth-order valence-corrected chi connectivity index (χ4v) is 3.51. The van der Waals surface area contributed by atoms with E-state index in [0.717, 1.165) is 31.7 Å². The van der Waals surface area contributed by atoms with Gasteiger partial charge >= 0.3 is 0 Å². The second-order valence-electron chi connectivity index (χ2n) is 7.12. The Labute approximate surface area is 170 Å². The van der Waals surface area contributed by atoms with E-state index in [4.69, 9.17) is 4.74 Å². The minimum atomic E-state index is -0.104. The minimum absolute atomic E-state index is 0.104. The average Bonchev–Trinajstić information content (AvgIpc) is 2.79. The standard InChI is InChI=1S/C23H24N4O2/c28-23(20-8-4-5-9-21(20)29-19-6-2-1-3-7-19)26-16-18-10-14-27(15-11-18)22-17-24-12-13-25-22/h1-9,12-13,17-18H,10-11,14-16H2,(H,26,28). The molecular weight excluding hydrogens is 364 g/mol. The normalized spacial score (nSPS) is 14.4. The monoisotopic (exact) mass is 388 g/mol. The Kier molecular flexibility index (Phi) is 6.00. The van der Waals surface area contributed by atoms with Gasteiger partial charge in [-0.2, -0.15) is 0 Å². The zero-order chi connectivity index (χ0) is 19.9. The summed E-state index contributed by atoms with van der Waals surface area (Å²) in [7, 11) is 0. The molecule has 1 amide bonds. The zero-order valence-electron chi connectivity index (χ0n) is 16.2. The highest BCUT2D eigenvalue weighted by atomic mass is 16.5. The van der Waals surface area contributed by atoms with Crippen molar-refractivity contribution in [1.82, 2.24) is 15.3 Å². The lowest BCUT2D eigenvalue weighted by Crippen LogP contribution is -2.39. The summed E-state index contributed by atoms with van der Waals surface area (Å²) in [6.07, 6.45) is 7.23. The Morgan fingerprint density at radius 3 is 2.55 bits per heavy atom. The molecule has 148 valence electrons. The van der Waals surface area contributed by atoms with Crippen molar-refractivity contribution in [1.29, 1.82) is 0 Å². The van der Waals surface area contributed by atoms with Gasteiger partial charge in [-0.05, 0) is 43.0 Å². The van der Waals surface area contributed by atoms with Gasteiger partial charge in [-0.3, -0.25) is 9.78 Å². The van der Waals surface area contributed by atoms with Crippen LogP contribution in [0.2, 0.25) is 0 Å². The van der Waals surface area contributed by atoms with Gasteiger partial charge in [-0.15, -0.1) is 0 Å². The highest BCUT2D eigenvalue weighted by molar-refractivity contribution is 5.97. The van der Waals surface area contributed by atoms with Gasteiger partial charge in [0.25, 0.3) is 5.91 Å². The number of carbonyl (C=O) groups excluding carboxylic acids is 1. The molecule has 29 heavy (non-hydrogen) atoms. The molecule has 1 saturated heterocycles. The highest BCUT2D eigenvalue weighted by Crippen LogP contribution is 2.25. The SMILES string of the molecule is O=C(NCC1CCN(c2cnccn2)CC1)c1ccccc1Oc1ccccc1. The van der Waals surface area contributed by atoms with E-state index in [2.05, 4.69) is 20.2 Å². The summed E-state index contributed by atoms with van der Waals surface area (Å²) in [5.74, 6) is 2.54. The largest absolute Gasteiger partial charge is 0.457 e. The van der Waals surface area contributed by atoms with Gasteiger partial charge in [-0.1, -0.05) is 30.3 Å². The van der Waals surface area contributed by atoms with Gasteiger partial charge in [0.05, 0.1) is 11.8 Å². The van der Waals surface area contributed by atoms with Gasteiger partial charge < -0.3 is 15.0 Å². The lowest BCUT2D eigenvalue weighted by atomic mass is 9.96. The number of nitrogens with one attached hydrogen (secondary N) is 1. The number of amides is 1. The summed E-state index contributed by atoms with van der Waals surface area (Å²) >= 11 is 0. The Balaban J connectivity index is 1.32. The number of aromatic nitrogens is 2. The van der Waals surface area contributed by atoms with Crippen LogP contribution >= 0.6 is 0 Å². The van der Waals surface area contributed by atoms with E-state index in [9.17, 15) is 4.79 Å². The van der Waals surface area contributed by atoms with Crippen LogP contribution in [0.5, 0.6) is 11.5 Å². The molecule has 0 bridgehead atoms. The predicted molar refractivity (Wildman–Crippen MR) is 112 cm³/mol. The number of ether oxygens (including phenoxy) is 1. The smallest absolute Gasteiger partial charge is 0.255 e. The van der Waals surface area contributed by atoms with Crippen LogP contribution in [0, 0.1) is 5.92 Å². The molecule has 0 aliphatic carbocycles. The third-order valence-corrected chi connectivity index (χ3v) is 5.14. The quantitative estimate of drug-likeness (QED) is 0.693. The van der Waals surface area contributed by atoms with Gasteiger partial charge in [0, 0.05) is 32.0 Å². The number of rotatable bonds is 6. The van der Waals surface area contributed by atoms with Gasteiger partial charge in [0.2, 0.25) is 0 Å². The summed E-state index contributed by atoms with van der Waals surface area (Å²) in [4.78, 5) is 23.5. The molecule has 2 aromatic carbocycles. The number of nitrogens with zero attached hydrogens (tertiary/aromatic N) is 3. The zero-order valence-corrected chi connectivity index (χ0v) is 16.2. The first kappa shape index (κ1) is 18.9. The van der Waals surface area contributed by atoms with Crippen molar-refractivity contribution in [3.8, 4) is 11.5 Å². The molecule has 4 rings (SSSR count). The number of para-hydroxylation sites is 2. The van der Waals surface area contributed by atoms with Crippen LogP contribution in [0.25, 0.3) is 0 Å². The van der Waals surface area contributed by atoms with Crippen LogP contribution in [-0.2, 0) is 0 Å². The molecule has 2 heterocycles. The van der Waals surface area contributed by atoms with Crippen LogP contribution in [0.15, 0.2) is 73.2 Å². The maximum absolute atomic E-state index is 12.8. The summed E-state index contributed by atoms with van der Waals surface area (Å²) in [6.45, 7) is 2.51. The summed E-state index contributed by atoms with van der Waals surface area (Å²) in [5.41, 5.74) is 0.549. The molecule has 1 aromatic heterocycles. The molecule has 0 atom stereocenters. The van der Waals surface area contributed by atoms with E-state index in [1.807, 2.05) is 48.5 Å². The van der Waals surface area contributed by atoms with Crippen molar-refractivity contribution >= 4 is 11.7 Å². The topological polar surface area (TPSA) is 67.4 Å². The maximum Gasteiger partial charge on any atom is 0.255 e. The molecule has 6 heteroatoms. The van der Waals surface area contributed by atoms with Crippen LogP contribution in [0.1, 0.15) is 23.2 Å². The summed E-state index contributed by atoms with van der Waals surface area (Å²) < 4.78 is 5.91. The van der Waals surface area contributed by atoms with E-state index in [-0.39, 0.29) is 5.91 Å². The van der Waals surface area contributed by atoms with Crippen LogP contribution in [-0.4, -0.2) is 35.5 Å². The molecule has 6 nitrogen and oxygen atoms in total. The molecule has 0 spiro atoms. The Bertz CT molecular complexity index is 926. The first-order valence-electron chi connectivity index (χ1n) is 9.90. The predicted octanol–water partition coefficient (Wildman–Crippen LogP) is 3.92. The Hall–Kier alpha value is -3.41. The van der Waals surface area contributed by atoms with Gasteiger partial charge in [0.1, 0.15) is 17.3 Å². The number of carbonyl (C=O) groups is 1. The third-order valence-electron chi connectivity index (χ3n) is 5.14. The van der Waals surface area contributed by atoms with E-state index in [1.165, 1.54) is 0 Å². The van der Waals surface area contributed by atoms with E-state index in [0.29, 0.717) is 29.5 Å². The molecule has 3 aromatic rings. The first-order valence-corrected chi connectivity index (χ1v) is 9.90. The Morgan fingerprint density at radius 1 is 1.03 bits per heavy atom. The van der Waals surface area contributed by atoms with Crippen molar-refractivity contribution in [2.24, 2.45) is 5.92 Å². The average molecular weight is 388 g/mol. The van der Waals surface area contributed by atoms with Crippen molar-refractivity contribution in [3.63, 3.8) is 0 Å². The summed E-state index contributed by atoms with van der Waals surface area (Å²) in [6, 6.07) is 16.8. The van der Waals surface area contributed by atoms with E-state index >= 15 is 0 Å². The number of hydrogen-bond donors (Lipinski definition) is 1. The highest BCUT2D eigenvalue weighted by Gasteiger charge is 2.21. The van der Waals surface area contributed by atoms with Gasteiger partial charge in [0.15, 0.2) is 0 Å². The number of piperidine rings is 1. The first-order chi connectivity index (χ1) is 14.3. The number of benzene rings is 2. The summed E-state index contributed by atoms with van der Waals surface area (Å²) in [5, 5.41) is 3.08. The lowest BCUT2D eigenvalue weighted by Gasteiger charge is -2.32. The van der Waals surface area contributed by atoms with Crippen LogP contribution in [0.4, 0.5) is 5.82 Å². The van der Waals surface area contributed by atoms with E-state index in [1.54, 1.807) is 24.7 Å². The van der Waals surface area contributed by atoms with Crippen LogP contribution in [0.3, 0.4) is 0 Å². The fraction of sp³-hybridized carbons (Fsp3) is 0.261. The second-order valence-corrected chi connectivity index (χ2v) is 7.12.